The number of nitrogens with one attached hydrogen (secondary N) is 3. The molecule has 0 spiro atoms. The van der Waals surface area contributed by atoms with Gasteiger partial charge >= 0.3 is 0 Å². The van der Waals surface area contributed by atoms with E-state index in [-0.39, 0.29) is 10.9 Å². The normalized spacial score (nSPS) is 12.3. The molecule has 0 radical (unpaired) electrons. The van der Waals surface area contributed by atoms with Gasteiger partial charge in [-0.2, -0.15) is 0 Å². The topological polar surface area (TPSA) is 53.2 Å². The Labute approximate surface area is 187 Å². The van der Waals surface area contributed by atoms with E-state index in [1.165, 1.54) is 24.3 Å². The number of carbonyl (C=O) groups excluding carboxylic acids is 1. The van der Waals surface area contributed by atoms with Crippen LogP contribution in [0.5, 0.6) is 0 Å². The Morgan fingerprint density at radius 3 is 2.28 bits per heavy atom. The fraction of sp³-hybridized carbons (Fsp3) is 0.100. The second kappa shape index (κ2) is 9.13. The fourth-order valence-corrected chi connectivity index (χ4v) is 3.23. The van der Waals surface area contributed by atoms with Crippen molar-refractivity contribution >= 4 is 74.5 Å². The molecule has 150 valence electrons. The molecule has 1 atom stereocenters. The van der Waals surface area contributed by atoms with Crippen molar-refractivity contribution in [2.75, 3.05) is 5.32 Å². The Balaban J connectivity index is 1.76. The molecule has 1 amide bonds. The Bertz CT molecular complexity index is 1040. The first-order valence-corrected chi connectivity index (χ1v) is 9.97. The molecule has 0 fully saturated rings. The number of rotatable bonds is 4. The molecule has 0 aliphatic heterocycles. The number of alkyl halides is 3. The van der Waals surface area contributed by atoms with Gasteiger partial charge in [0.1, 0.15) is 12.0 Å². The van der Waals surface area contributed by atoms with Gasteiger partial charge < -0.3 is 16.0 Å². The van der Waals surface area contributed by atoms with Gasteiger partial charge in [0.15, 0.2) is 5.11 Å². The van der Waals surface area contributed by atoms with Crippen LogP contribution in [-0.4, -0.2) is 21.0 Å². The molecule has 4 nitrogen and oxygen atoms in total. The van der Waals surface area contributed by atoms with Gasteiger partial charge in [-0.25, -0.2) is 4.39 Å². The summed E-state index contributed by atoms with van der Waals surface area (Å²) in [5.74, 6) is -0.814. The Hall–Kier alpha value is -2.12. The number of carbonyl (C=O) groups is 1. The lowest BCUT2D eigenvalue weighted by atomic mass is 10.0. The highest BCUT2D eigenvalue weighted by atomic mass is 35.6. The lowest BCUT2D eigenvalue weighted by Gasteiger charge is -2.28. The quantitative estimate of drug-likeness (QED) is 0.272. The molecule has 1 unspecified atom stereocenters. The molecule has 9 heteroatoms. The van der Waals surface area contributed by atoms with Gasteiger partial charge in [-0.3, -0.25) is 4.79 Å². The van der Waals surface area contributed by atoms with Crippen LogP contribution in [0, 0.1) is 5.82 Å². The number of thiocarbonyl (C=S) groups is 1. The van der Waals surface area contributed by atoms with E-state index >= 15 is 0 Å². The molecule has 3 aromatic carbocycles. The SMILES string of the molecule is O=C(NC(NC(=S)Nc1ccc(F)cc1)C(Cl)(Cl)Cl)c1cccc2ccccc12. The van der Waals surface area contributed by atoms with Crippen molar-refractivity contribution in [3.05, 3.63) is 78.1 Å². The Morgan fingerprint density at radius 1 is 0.931 bits per heavy atom. The van der Waals surface area contributed by atoms with Gasteiger partial charge in [-0.05, 0) is 53.3 Å². The van der Waals surface area contributed by atoms with Crippen LogP contribution >= 0.6 is 47.0 Å². The van der Waals surface area contributed by atoms with Crippen LogP contribution in [0.1, 0.15) is 10.4 Å². The summed E-state index contributed by atoms with van der Waals surface area (Å²) >= 11 is 23.3. The van der Waals surface area contributed by atoms with Crippen LogP contribution in [-0.2, 0) is 0 Å². The number of amides is 1. The second-order valence-electron chi connectivity index (χ2n) is 6.08. The summed E-state index contributed by atoms with van der Waals surface area (Å²) in [7, 11) is 0. The van der Waals surface area contributed by atoms with Crippen LogP contribution in [0.4, 0.5) is 10.1 Å². The average Bonchev–Trinajstić information content (AvgIpc) is 2.68. The van der Waals surface area contributed by atoms with Crippen molar-refractivity contribution in [1.29, 1.82) is 0 Å². The molecule has 3 rings (SSSR count). The van der Waals surface area contributed by atoms with E-state index in [1.54, 1.807) is 12.1 Å². The lowest BCUT2D eigenvalue weighted by molar-refractivity contribution is 0.0936. The van der Waals surface area contributed by atoms with Gasteiger partial charge in [-0.1, -0.05) is 71.2 Å². The van der Waals surface area contributed by atoms with E-state index in [4.69, 9.17) is 47.0 Å². The maximum absolute atomic E-state index is 13.0. The third-order valence-corrected chi connectivity index (χ3v) is 4.89. The number of hydrogen-bond donors (Lipinski definition) is 3. The summed E-state index contributed by atoms with van der Waals surface area (Å²) in [6.45, 7) is 0. The molecule has 0 aliphatic carbocycles. The first kappa shape index (κ1) is 21.6. The molecule has 29 heavy (non-hydrogen) atoms. The summed E-state index contributed by atoms with van der Waals surface area (Å²) in [6.07, 6.45) is -1.13. The summed E-state index contributed by atoms with van der Waals surface area (Å²) in [5.41, 5.74) is 0.967. The number of hydrogen-bond acceptors (Lipinski definition) is 2. The van der Waals surface area contributed by atoms with Crippen molar-refractivity contribution in [3.63, 3.8) is 0 Å². The van der Waals surface area contributed by atoms with Gasteiger partial charge in [0, 0.05) is 11.3 Å². The zero-order chi connectivity index (χ0) is 21.0. The van der Waals surface area contributed by atoms with Gasteiger partial charge in [0.2, 0.25) is 3.79 Å². The molecule has 0 aliphatic rings. The number of benzene rings is 3. The second-order valence-corrected chi connectivity index (χ2v) is 8.86. The minimum absolute atomic E-state index is 0.0890. The van der Waals surface area contributed by atoms with Crippen molar-refractivity contribution in [2.24, 2.45) is 0 Å². The van der Waals surface area contributed by atoms with Crippen LogP contribution in [0.15, 0.2) is 66.7 Å². The molecule has 0 heterocycles. The van der Waals surface area contributed by atoms with Crippen LogP contribution in [0.2, 0.25) is 0 Å². The zero-order valence-electron chi connectivity index (χ0n) is 14.8. The van der Waals surface area contributed by atoms with Crippen LogP contribution < -0.4 is 16.0 Å². The number of halogens is 4. The minimum Gasteiger partial charge on any atom is -0.339 e. The fourth-order valence-electron chi connectivity index (χ4n) is 2.66. The van der Waals surface area contributed by atoms with E-state index < -0.39 is 15.9 Å². The van der Waals surface area contributed by atoms with Crippen LogP contribution in [0.25, 0.3) is 10.8 Å². The molecule has 0 saturated carbocycles. The van der Waals surface area contributed by atoms with Crippen molar-refractivity contribution in [1.82, 2.24) is 10.6 Å². The first-order chi connectivity index (χ1) is 13.7. The molecule has 0 bridgehead atoms. The highest BCUT2D eigenvalue weighted by Gasteiger charge is 2.35. The van der Waals surface area contributed by atoms with E-state index in [1.807, 2.05) is 30.3 Å². The number of fused-ring (bicyclic) bond motifs is 1. The predicted octanol–water partition coefficient (Wildman–Crippen LogP) is 5.39. The summed E-state index contributed by atoms with van der Waals surface area (Å²) in [6, 6.07) is 18.4. The summed E-state index contributed by atoms with van der Waals surface area (Å²) in [5, 5.41) is 10.0. The third-order valence-electron chi connectivity index (χ3n) is 4.01. The maximum Gasteiger partial charge on any atom is 0.253 e. The van der Waals surface area contributed by atoms with Gasteiger partial charge in [-0.15, -0.1) is 0 Å². The molecule has 0 saturated heterocycles. The average molecular weight is 471 g/mol. The van der Waals surface area contributed by atoms with Crippen molar-refractivity contribution < 1.29 is 9.18 Å². The molecule has 0 aromatic heterocycles. The zero-order valence-corrected chi connectivity index (χ0v) is 17.8. The standard InChI is InChI=1S/C20H15Cl3FN3OS/c21-20(22,23)18(27-19(29)25-14-10-8-13(24)9-11-14)26-17(28)16-7-3-5-12-4-1-2-6-15(12)16/h1-11,18H,(H,26,28)(H2,25,27,29). The van der Waals surface area contributed by atoms with Crippen molar-refractivity contribution in [2.45, 2.75) is 9.96 Å². The molecular weight excluding hydrogens is 456 g/mol. The van der Waals surface area contributed by atoms with Gasteiger partial charge in [0.05, 0.1) is 0 Å². The van der Waals surface area contributed by atoms with Crippen LogP contribution in [0.3, 0.4) is 0 Å². The molecule has 3 aromatic rings. The highest BCUT2D eigenvalue weighted by molar-refractivity contribution is 7.80. The largest absolute Gasteiger partial charge is 0.339 e. The van der Waals surface area contributed by atoms with E-state index in [9.17, 15) is 9.18 Å². The first-order valence-electron chi connectivity index (χ1n) is 8.42. The molecule has 3 N–H and O–H groups in total. The Kier molecular flexibility index (Phi) is 6.80. The van der Waals surface area contributed by atoms with E-state index in [0.29, 0.717) is 11.3 Å². The monoisotopic (exact) mass is 469 g/mol. The highest BCUT2D eigenvalue weighted by Crippen LogP contribution is 2.30. The Morgan fingerprint density at radius 2 is 1.59 bits per heavy atom. The third kappa shape index (κ3) is 5.70. The van der Waals surface area contributed by atoms with Crippen molar-refractivity contribution in [3.8, 4) is 0 Å². The van der Waals surface area contributed by atoms with Gasteiger partial charge in [0.25, 0.3) is 5.91 Å². The maximum atomic E-state index is 13.0. The summed E-state index contributed by atoms with van der Waals surface area (Å²) in [4.78, 5) is 12.9. The summed E-state index contributed by atoms with van der Waals surface area (Å²) < 4.78 is 11.1. The lowest BCUT2D eigenvalue weighted by Crippen LogP contribution is -2.56. The molecular formula is C20H15Cl3FN3OS. The smallest absolute Gasteiger partial charge is 0.253 e. The van der Waals surface area contributed by atoms with E-state index in [2.05, 4.69) is 16.0 Å². The minimum atomic E-state index is -1.89. The number of anilines is 1. The predicted molar refractivity (Wildman–Crippen MR) is 121 cm³/mol. The van der Waals surface area contributed by atoms with E-state index in [0.717, 1.165) is 10.8 Å².